The van der Waals surface area contributed by atoms with Gasteiger partial charge in [0.2, 0.25) is 0 Å². The summed E-state index contributed by atoms with van der Waals surface area (Å²) < 4.78 is 10.5. The van der Waals surface area contributed by atoms with Crippen molar-refractivity contribution in [2.75, 3.05) is 50.6 Å². The van der Waals surface area contributed by atoms with Gasteiger partial charge in [-0.05, 0) is 12.1 Å². The molecule has 8 heteroatoms. The summed E-state index contributed by atoms with van der Waals surface area (Å²) in [6.45, 7) is 2.72. The molecule has 0 saturated carbocycles. The molecule has 2 aromatic rings. The SMILES string of the molecule is COc1ccc(NC(=O)N2CCN(c3ncnc4c3C=CC4)CC2)cc1OC. The Bertz CT molecular complexity index is 907. The third-order valence-corrected chi connectivity index (χ3v) is 5.04. The van der Waals surface area contributed by atoms with Crippen molar-refractivity contribution in [1.82, 2.24) is 14.9 Å². The Morgan fingerprint density at radius 2 is 1.86 bits per heavy atom. The number of piperazine rings is 1. The van der Waals surface area contributed by atoms with E-state index < -0.39 is 0 Å². The Hall–Kier alpha value is -3.29. The third-order valence-electron chi connectivity index (χ3n) is 5.04. The first-order chi connectivity index (χ1) is 13.7. The first-order valence-electron chi connectivity index (χ1n) is 9.23. The number of hydrogen-bond donors (Lipinski definition) is 1. The maximum atomic E-state index is 12.6. The molecule has 1 aliphatic heterocycles. The average Bonchev–Trinajstić information content (AvgIpc) is 3.22. The van der Waals surface area contributed by atoms with E-state index >= 15 is 0 Å². The highest BCUT2D eigenvalue weighted by atomic mass is 16.5. The molecule has 146 valence electrons. The first-order valence-corrected chi connectivity index (χ1v) is 9.23. The summed E-state index contributed by atoms with van der Waals surface area (Å²) in [5.74, 6) is 2.16. The van der Waals surface area contributed by atoms with Gasteiger partial charge in [-0.1, -0.05) is 12.2 Å². The summed E-state index contributed by atoms with van der Waals surface area (Å²) in [5, 5.41) is 2.93. The number of nitrogens with one attached hydrogen (secondary N) is 1. The van der Waals surface area contributed by atoms with Crippen LogP contribution in [0.1, 0.15) is 11.3 Å². The van der Waals surface area contributed by atoms with Gasteiger partial charge in [-0.3, -0.25) is 0 Å². The fourth-order valence-corrected chi connectivity index (χ4v) is 3.53. The van der Waals surface area contributed by atoms with Gasteiger partial charge in [0.15, 0.2) is 11.5 Å². The second-order valence-electron chi connectivity index (χ2n) is 6.64. The number of fused-ring (bicyclic) bond motifs is 1. The lowest BCUT2D eigenvalue weighted by Crippen LogP contribution is -2.50. The van der Waals surface area contributed by atoms with E-state index in [1.54, 1.807) is 38.7 Å². The van der Waals surface area contributed by atoms with Crippen LogP contribution in [-0.2, 0) is 6.42 Å². The second kappa shape index (κ2) is 7.75. The molecule has 28 heavy (non-hydrogen) atoms. The van der Waals surface area contributed by atoms with Gasteiger partial charge >= 0.3 is 6.03 Å². The van der Waals surface area contributed by atoms with Crippen LogP contribution in [0.3, 0.4) is 0 Å². The smallest absolute Gasteiger partial charge is 0.321 e. The lowest BCUT2D eigenvalue weighted by molar-refractivity contribution is 0.208. The number of allylic oxidation sites excluding steroid dienone is 1. The predicted octanol–water partition coefficient (Wildman–Crippen LogP) is 2.42. The van der Waals surface area contributed by atoms with Gasteiger partial charge in [0.05, 0.1) is 19.9 Å². The van der Waals surface area contributed by atoms with Crippen LogP contribution in [0.5, 0.6) is 11.5 Å². The van der Waals surface area contributed by atoms with Gasteiger partial charge in [0.25, 0.3) is 0 Å². The summed E-state index contributed by atoms with van der Waals surface area (Å²) in [5.41, 5.74) is 2.84. The van der Waals surface area contributed by atoms with Crippen molar-refractivity contribution in [1.29, 1.82) is 0 Å². The molecule has 8 nitrogen and oxygen atoms in total. The molecule has 1 aromatic carbocycles. The van der Waals surface area contributed by atoms with E-state index in [9.17, 15) is 4.79 Å². The van der Waals surface area contributed by atoms with Crippen LogP contribution in [0, 0.1) is 0 Å². The van der Waals surface area contributed by atoms with E-state index in [1.165, 1.54) is 0 Å². The van der Waals surface area contributed by atoms with Crippen LogP contribution in [0.25, 0.3) is 6.08 Å². The largest absolute Gasteiger partial charge is 0.493 e. The molecule has 4 rings (SSSR count). The minimum absolute atomic E-state index is 0.125. The maximum absolute atomic E-state index is 12.6. The molecule has 0 unspecified atom stereocenters. The van der Waals surface area contributed by atoms with Gasteiger partial charge in [-0.2, -0.15) is 0 Å². The second-order valence-corrected chi connectivity index (χ2v) is 6.64. The van der Waals surface area contributed by atoms with Crippen LogP contribution < -0.4 is 19.7 Å². The standard InChI is InChI=1S/C20H23N5O3/c1-27-17-7-6-14(12-18(17)28-2)23-20(26)25-10-8-24(9-11-25)19-15-4-3-5-16(15)21-13-22-19/h3-4,6-7,12-13H,5,8-11H2,1-2H3,(H,23,26). The molecule has 0 atom stereocenters. The van der Waals surface area contributed by atoms with E-state index in [1.807, 2.05) is 4.90 Å². The van der Waals surface area contributed by atoms with Crippen LogP contribution in [0.2, 0.25) is 0 Å². The monoisotopic (exact) mass is 381 g/mol. The quantitative estimate of drug-likeness (QED) is 0.876. The number of carbonyl (C=O) groups is 1. The summed E-state index contributed by atoms with van der Waals surface area (Å²) >= 11 is 0. The van der Waals surface area contributed by atoms with Crippen molar-refractivity contribution in [3.63, 3.8) is 0 Å². The Labute approximate surface area is 163 Å². The Balaban J connectivity index is 1.38. The number of carbonyl (C=O) groups excluding carboxylic acids is 1. The average molecular weight is 381 g/mol. The molecule has 2 aliphatic rings. The molecule has 1 N–H and O–H groups in total. The summed E-state index contributed by atoms with van der Waals surface area (Å²) in [6.07, 6.45) is 6.67. The van der Waals surface area contributed by atoms with Crippen molar-refractivity contribution in [2.45, 2.75) is 6.42 Å². The number of rotatable bonds is 4. The van der Waals surface area contributed by atoms with E-state index in [4.69, 9.17) is 9.47 Å². The Morgan fingerprint density at radius 1 is 1.07 bits per heavy atom. The van der Waals surface area contributed by atoms with Gasteiger partial charge in [-0.25, -0.2) is 14.8 Å². The van der Waals surface area contributed by atoms with Crippen LogP contribution >= 0.6 is 0 Å². The Kier molecular flexibility index (Phi) is 5.01. The van der Waals surface area contributed by atoms with E-state index in [0.717, 1.165) is 36.6 Å². The zero-order valence-electron chi connectivity index (χ0n) is 16.0. The van der Waals surface area contributed by atoms with Crippen molar-refractivity contribution in [3.8, 4) is 11.5 Å². The van der Waals surface area contributed by atoms with Crippen molar-refractivity contribution < 1.29 is 14.3 Å². The fourth-order valence-electron chi connectivity index (χ4n) is 3.53. The highest BCUT2D eigenvalue weighted by molar-refractivity contribution is 5.90. The number of benzene rings is 1. The molecule has 2 amide bonds. The fraction of sp³-hybridized carbons (Fsp3) is 0.350. The number of ether oxygens (including phenoxy) is 2. The molecule has 1 aliphatic carbocycles. The van der Waals surface area contributed by atoms with E-state index in [0.29, 0.717) is 30.3 Å². The molecular formula is C20H23N5O3. The molecule has 0 spiro atoms. The highest BCUT2D eigenvalue weighted by Gasteiger charge is 2.25. The van der Waals surface area contributed by atoms with Crippen molar-refractivity contribution in [2.24, 2.45) is 0 Å². The van der Waals surface area contributed by atoms with Crippen LogP contribution in [0.4, 0.5) is 16.3 Å². The van der Waals surface area contributed by atoms with Gasteiger partial charge < -0.3 is 24.6 Å². The summed E-state index contributed by atoms with van der Waals surface area (Å²) in [7, 11) is 3.15. The van der Waals surface area contributed by atoms with E-state index in [-0.39, 0.29) is 6.03 Å². The lowest BCUT2D eigenvalue weighted by atomic mass is 10.2. The first kappa shape index (κ1) is 18.1. The molecule has 2 heterocycles. The number of methoxy groups -OCH3 is 2. The topological polar surface area (TPSA) is 79.8 Å². The molecule has 1 aromatic heterocycles. The van der Waals surface area contributed by atoms with E-state index in [2.05, 4.69) is 32.3 Å². The molecule has 0 bridgehead atoms. The van der Waals surface area contributed by atoms with Gasteiger partial charge in [0.1, 0.15) is 12.1 Å². The number of urea groups is 1. The minimum atomic E-state index is -0.125. The highest BCUT2D eigenvalue weighted by Crippen LogP contribution is 2.30. The normalized spacial score (nSPS) is 15.4. The van der Waals surface area contributed by atoms with Crippen LogP contribution in [0.15, 0.2) is 30.6 Å². The zero-order valence-corrected chi connectivity index (χ0v) is 16.0. The van der Waals surface area contributed by atoms with Crippen molar-refractivity contribution in [3.05, 3.63) is 41.9 Å². The summed E-state index contributed by atoms with van der Waals surface area (Å²) in [6, 6.07) is 5.20. The number of nitrogens with zero attached hydrogens (tertiary/aromatic N) is 4. The number of amides is 2. The maximum Gasteiger partial charge on any atom is 0.321 e. The molecule has 0 radical (unpaired) electrons. The number of anilines is 2. The Morgan fingerprint density at radius 3 is 2.61 bits per heavy atom. The van der Waals surface area contributed by atoms with Gasteiger partial charge in [-0.15, -0.1) is 0 Å². The third kappa shape index (κ3) is 3.45. The minimum Gasteiger partial charge on any atom is -0.493 e. The number of aromatic nitrogens is 2. The zero-order chi connectivity index (χ0) is 19.5. The van der Waals surface area contributed by atoms with Crippen LogP contribution in [-0.4, -0.2) is 61.3 Å². The lowest BCUT2D eigenvalue weighted by Gasteiger charge is -2.36. The van der Waals surface area contributed by atoms with Crippen molar-refractivity contribution >= 4 is 23.6 Å². The predicted molar refractivity (Wildman–Crippen MR) is 107 cm³/mol. The number of hydrogen-bond acceptors (Lipinski definition) is 6. The van der Waals surface area contributed by atoms with Gasteiger partial charge in [0, 0.05) is 49.9 Å². The summed E-state index contributed by atoms with van der Waals surface area (Å²) in [4.78, 5) is 25.5. The molecular weight excluding hydrogens is 358 g/mol. The molecule has 1 saturated heterocycles. The molecule has 1 fully saturated rings.